The van der Waals surface area contributed by atoms with Crippen LogP contribution in [0.25, 0.3) is 0 Å². The van der Waals surface area contributed by atoms with Gasteiger partial charge in [0.25, 0.3) is 5.82 Å². The first-order valence-corrected chi connectivity index (χ1v) is 8.04. The molecule has 2 N–H and O–H groups in total. The Morgan fingerprint density at radius 1 is 1.29 bits per heavy atom. The summed E-state index contributed by atoms with van der Waals surface area (Å²) in [4.78, 5) is 3.50. The van der Waals surface area contributed by atoms with E-state index in [1.807, 2.05) is 0 Å². The van der Waals surface area contributed by atoms with E-state index in [2.05, 4.69) is 23.3 Å². The first kappa shape index (κ1) is 15.8. The topological polar surface area (TPSA) is 59.2 Å². The number of nitrogens with one attached hydrogen (secondary N) is 2. The maximum atomic E-state index is 9.56. The maximum Gasteiger partial charge on any atom is 0.290 e. The van der Waals surface area contributed by atoms with E-state index in [0.29, 0.717) is 13.2 Å². The number of aromatic nitrogens is 1. The molecular weight excluding hydrogens is 262 g/mol. The molecule has 1 aliphatic rings. The molecule has 0 amide bonds. The van der Waals surface area contributed by atoms with Gasteiger partial charge in [0.15, 0.2) is 0 Å². The minimum atomic E-state index is 0.639. The molecule has 0 bridgehead atoms. The molecule has 114 valence electrons. The molecule has 0 spiro atoms. The van der Waals surface area contributed by atoms with Crippen LogP contribution in [0.15, 0.2) is 0 Å². The van der Waals surface area contributed by atoms with Crippen LogP contribution in [0, 0.1) is 11.3 Å². The summed E-state index contributed by atoms with van der Waals surface area (Å²) < 4.78 is 5.09. The molecule has 4 heteroatoms. The van der Waals surface area contributed by atoms with Gasteiger partial charge in [-0.05, 0) is 43.2 Å². The summed E-state index contributed by atoms with van der Waals surface area (Å²) in [5, 5.41) is 12.9. The number of fused-ring (bicyclic) bond motifs is 1. The van der Waals surface area contributed by atoms with Crippen LogP contribution in [-0.4, -0.2) is 20.3 Å². The van der Waals surface area contributed by atoms with Gasteiger partial charge in [-0.25, -0.2) is 4.98 Å². The van der Waals surface area contributed by atoms with E-state index in [0.717, 1.165) is 30.6 Å². The summed E-state index contributed by atoms with van der Waals surface area (Å²) in [6.45, 7) is 3.57. The predicted molar refractivity (Wildman–Crippen MR) is 83.3 cm³/mol. The van der Waals surface area contributed by atoms with Gasteiger partial charge in [-0.3, -0.25) is 5.32 Å². The van der Waals surface area contributed by atoms with Crippen molar-refractivity contribution in [3.05, 3.63) is 22.4 Å². The van der Waals surface area contributed by atoms with Crippen molar-refractivity contribution in [2.24, 2.45) is 0 Å². The van der Waals surface area contributed by atoms with E-state index in [4.69, 9.17) is 4.74 Å². The van der Waals surface area contributed by atoms with Crippen molar-refractivity contribution in [1.29, 1.82) is 5.26 Å². The molecular formula is C17H26N3O+. The fraction of sp³-hybridized carbons (Fsp3) is 0.647. The Kier molecular flexibility index (Phi) is 6.01. The smallest absolute Gasteiger partial charge is 0.290 e. The van der Waals surface area contributed by atoms with Crippen LogP contribution in [0.4, 0.5) is 5.82 Å². The fourth-order valence-electron chi connectivity index (χ4n) is 3.05. The Bertz CT molecular complexity index is 520. The van der Waals surface area contributed by atoms with Crippen LogP contribution in [0.2, 0.25) is 0 Å². The van der Waals surface area contributed by atoms with E-state index < -0.39 is 0 Å². The molecule has 2 rings (SSSR count). The van der Waals surface area contributed by atoms with Crippen molar-refractivity contribution in [3.63, 3.8) is 0 Å². The maximum absolute atomic E-state index is 9.56. The zero-order valence-electron chi connectivity index (χ0n) is 13.2. The molecule has 0 atom stereocenters. The average Bonchev–Trinajstić information content (AvgIpc) is 2.52. The van der Waals surface area contributed by atoms with Crippen molar-refractivity contribution in [2.45, 2.75) is 51.9 Å². The third kappa shape index (κ3) is 3.74. The van der Waals surface area contributed by atoms with E-state index in [9.17, 15) is 5.26 Å². The number of unbranched alkanes of at least 4 members (excludes halogenated alkanes) is 1. The number of hydrogen-bond donors (Lipinski definition) is 1. The monoisotopic (exact) mass is 288 g/mol. The minimum Gasteiger partial charge on any atom is -0.381 e. The van der Waals surface area contributed by atoms with Gasteiger partial charge in [-0.1, -0.05) is 13.3 Å². The molecule has 0 aromatic carbocycles. The van der Waals surface area contributed by atoms with Crippen LogP contribution in [-0.2, 0) is 24.0 Å². The van der Waals surface area contributed by atoms with Crippen molar-refractivity contribution in [3.8, 4) is 6.07 Å². The van der Waals surface area contributed by atoms with Crippen LogP contribution in [0.3, 0.4) is 0 Å². The van der Waals surface area contributed by atoms with Gasteiger partial charge < -0.3 is 4.74 Å². The van der Waals surface area contributed by atoms with Crippen molar-refractivity contribution >= 4 is 5.82 Å². The first-order valence-electron chi connectivity index (χ1n) is 8.04. The Morgan fingerprint density at radius 3 is 2.71 bits per heavy atom. The fourth-order valence-corrected chi connectivity index (χ4v) is 3.05. The van der Waals surface area contributed by atoms with E-state index in [1.165, 1.54) is 42.5 Å². The average molecular weight is 288 g/mol. The molecule has 1 aromatic heterocycles. The number of nitriles is 1. The van der Waals surface area contributed by atoms with Gasteiger partial charge in [0, 0.05) is 13.5 Å². The number of hydrogen-bond acceptors (Lipinski definition) is 3. The Hall–Kier alpha value is -1.60. The van der Waals surface area contributed by atoms with Crippen LogP contribution in [0.5, 0.6) is 0 Å². The second-order valence-corrected chi connectivity index (χ2v) is 5.65. The molecule has 1 heterocycles. The SMILES string of the molecule is CCCCc1[nH+]c(NCCOC)c(C#N)c2c1CCCC2. The van der Waals surface area contributed by atoms with Gasteiger partial charge in [-0.15, -0.1) is 0 Å². The van der Waals surface area contributed by atoms with Crippen molar-refractivity contribution in [2.75, 3.05) is 25.6 Å². The van der Waals surface area contributed by atoms with Gasteiger partial charge in [0.05, 0.1) is 6.61 Å². The molecule has 0 radical (unpaired) electrons. The normalized spacial score (nSPS) is 13.6. The van der Waals surface area contributed by atoms with E-state index in [1.54, 1.807) is 7.11 Å². The van der Waals surface area contributed by atoms with E-state index >= 15 is 0 Å². The zero-order valence-corrected chi connectivity index (χ0v) is 13.2. The number of aromatic amines is 1. The molecule has 4 nitrogen and oxygen atoms in total. The molecule has 0 saturated carbocycles. The molecule has 0 aliphatic heterocycles. The number of nitrogens with zero attached hydrogens (tertiary/aromatic N) is 1. The highest BCUT2D eigenvalue weighted by Crippen LogP contribution is 2.29. The van der Waals surface area contributed by atoms with Crippen LogP contribution < -0.4 is 10.3 Å². The highest BCUT2D eigenvalue weighted by molar-refractivity contribution is 5.56. The predicted octanol–water partition coefficient (Wildman–Crippen LogP) is 2.65. The molecule has 0 unspecified atom stereocenters. The molecule has 1 aliphatic carbocycles. The quantitative estimate of drug-likeness (QED) is 0.785. The van der Waals surface area contributed by atoms with Gasteiger partial charge >= 0.3 is 0 Å². The number of pyridine rings is 1. The lowest BCUT2D eigenvalue weighted by Crippen LogP contribution is -2.27. The summed E-state index contributed by atoms with van der Waals surface area (Å²) in [6, 6.07) is 2.40. The Balaban J connectivity index is 2.36. The number of anilines is 1. The molecule has 21 heavy (non-hydrogen) atoms. The van der Waals surface area contributed by atoms with Crippen molar-refractivity contribution in [1.82, 2.24) is 0 Å². The number of H-pyrrole nitrogens is 1. The lowest BCUT2D eigenvalue weighted by molar-refractivity contribution is -0.375. The first-order chi connectivity index (χ1) is 10.3. The highest BCUT2D eigenvalue weighted by Gasteiger charge is 2.24. The zero-order chi connectivity index (χ0) is 15.1. The number of rotatable bonds is 7. The van der Waals surface area contributed by atoms with Crippen molar-refractivity contribution < 1.29 is 9.72 Å². The Morgan fingerprint density at radius 2 is 2.05 bits per heavy atom. The van der Waals surface area contributed by atoms with Crippen LogP contribution >= 0.6 is 0 Å². The Labute approximate surface area is 127 Å². The summed E-state index contributed by atoms with van der Waals surface area (Å²) in [6.07, 6.45) is 8.02. The number of methoxy groups -OCH3 is 1. The lowest BCUT2D eigenvalue weighted by atomic mass is 9.86. The summed E-state index contributed by atoms with van der Waals surface area (Å²) in [5.74, 6) is 0.876. The number of aryl methyl sites for hydroxylation is 1. The standard InChI is InChI=1S/C17H25N3O/c1-3-4-9-16-14-8-6-5-7-13(14)15(12-18)17(20-16)19-10-11-21-2/h3-11H2,1-2H3,(H,19,20)/p+1. The molecule has 1 aromatic rings. The third-order valence-corrected chi connectivity index (χ3v) is 4.16. The largest absolute Gasteiger partial charge is 0.381 e. The lowest BCUT2D eigenvalue weighted by Gasteiger charge is -2.19. The van der Waals surface area contributed by atoms with E-state index in [-0.39, 0.29) is 0 Å². The summed E-state index contributed by atoms with van der Waals surface area (Å²) >= 11 is 0. The third-order valence-electron chi connectivity index (χ3n) is 4.16. The van der Waals surface area contributed by atoms with Gasteiger partial charge in [0.1, 0.15) is 23.9 Å². The summed E-state index contributed by atoms with van der Waals surface area (Å²) in [7, 11) is 1.69. The molecule has 0 fully saturated rings. The second-order valence-electron chi connectivity index (χ2n) is 5.65. The van der Waals surface area contributed by atoms with Crippen LogP contribution in [0.1, 0.15) is 55.0 Å². The van der Waals surface area contributed by atoms with Gasteiger partial charge in [0.2, 0.25) is 0 Å². The summed E-state index contributed by atoms with van der Waals surface area (Å²) in [5.41, 5.74) is 4.81. The highest BCUT2D eigenvalue weighted by atomic mass is 16.5. The second kappa shape index (κ2) is 7.99. The molecule has 0 saturated heterocycles. The number of ether oxygens (including phenoxy) is 1. The minimum absolute atomic E-state index is 0.639. The van der Waals surface area contributed by atoms with Gasteiger partial charge in [-0.2, -0.15) is 5.26 Å².